The molecule has 2 aromatic rings. The van der Waals surface area contributed by atoms with Crippen molar-refractivity contribution >= 4 is 41.6 Å². The van der Waals surface area contributed by atoms with Crippen LogP contribution in [0, 0.1) is 4.77 Å². The summed E-state index contributed by atoms with van der Waals surface area (Å²) in [7, 11) is 0. The van der Waals surface area contributed by atoms with Gasteiger partial charge in [0.2, 0.25) is 4.77 Å². The largest absolute Gasteiger partial charge is 0.293 e. The van der Waals surface area contributed by atoms with E-state index in [9.17, 15) is 4.79 Å². The van der Waals surface area contributed by atoms with Crippen LogP contribution in [0.2, 0.25) is 10.0 Å². The van der Waals surface area contributed by atoms with Crippen LogP contribution in [-0.2, 0) is 0 Å². The van der Waals surface area contributed by atoms with E-state index in [1.807, 2.05) is 0 Å². The molecule has 0 bridgehead atoms. The molecule has 0 aliphatic rings. The van der Waals surface area contributed by atoms with Crippen molar-refractivity contribution in [3.05, 3.63) is 55.1 Å². The van der Waals surface area contributed by atoms with Crippen LogP contribution in [0.3, 0.4) is 0 Å². The Hall–Kier alpha value is -1.50. The molecule has 0 unspecified atom stereocenters. The van der Waals surface area contributed by atoms with Crippen LogP contribution in [0.15, 0.2) is 34.3 Å². The molecule has 92 valence electrons. The van der Waals surface area contributed by atoms with Crippen LogP contribution >= 0.6 is 35.4 Å². The molecule has 0 aliphatic heterocycles. The van der Waals surface area contributed by atoms with Crippen LogP contribution in [-0.4, -0.2) is 21.1 Å². The summed E-state index contributed by atoms with van der Waals surface area (Å²) < 4.78 is 1.07. The first-order valence-corrected chi connectivity index (χ1v) is 5.91. The second-order valence-corrected chi connectivity index (χ2v) is 4.41. The zero-order valence-electron chi connectivity index (χ0n) is 8.80. The smallest absolute Gasteiger partial charge is 0.265 e. The van der Waals surface area contributed by atoms with E-state index in [1.54, 1.807) is 18.2 Å². The number of benzene rings is 1. The van der Waals surface area contributed by atoms with Gasteiger partial charge in [0.15, 0.2) is 0 Å². The minimum atomic E-state index is -0.446. The predicted octanol–water partition coefficient (Wildman–Crippen LogP) is 2.49. The highest BCUT2D eigenvalue weighted by Crippen LogP contribution is 2.22. The summed E-state index contributed by atoms with van der Waals surface area (Å²) in [5.74, 6) is 0. The van der Waals surface area contributed by atoms with Gasteiger partial charge in [-0.3, -0.25) is 9.89 Å². The van der Waals surface area contributed by atoms with E-state index >= 15 is 0 Å². The van der Waals surface area contributed by atoms with Crippen LogP contribution in [0.25, 0.3) is 0 Å². The summed E-state index contributed by atoms with van der Waals surface area (Å²) in [6, 6.07) is 5.06. The van der Waals surface area contributed by atoms with Gasteiger partial charge in [0.25, 0.3) is 5.56 Å². The first-order valence-electron chi connectivity index (χ1n) is 4.74. The molecular formula is C10H6Cl2N4OS. The summed E-state index contributed by atoms with van der Waals surface area (Å²) >= 11 is 16.8. The summed E-state index contributed by atoms with van der Waals surface area (Å²) in [5, 5.41) is 10.8. The molecule has 0 atom stereocenters. The van der Waals surface area contributed by atoms with Crippen molar-refractivity contribution in [1.82, 2.24) is 14.9 Å². The molecule has 5 nitrogen and oxygen atoms in total. The van der Waals surface area contributed by atoms with Crippen molar-refractivity contribution in [2.75, 3.05) is 0 Å². The Morgan fingerprint density at radius 2 is 2.06 bits per heavy atom. The Bertz CT molecular complexity index is 674. The van der Waals surface area contributed by atoms with Crippen molar-refractivity contribution in [1.29, 1.82) is 0 Å². The molecule has 0 saturated carbocycles. The van der Waals surface area contributed by atoms with Gasteiger partial charge >= 0.3 is 0 Å². The van der Waals surface area contributed by atoms with Gasteiger partial charge in [0.05, 0.1) is 16.3 Å². The number of hydrogen-bond acceptors (Lipinski definition) is 4. The third-order valence-electron chi connectivity index (χ3n) is 2.04. The lowest BCUT2D eigenvalue weighted by atomic mass is 10.2. The summed E-state index contributed by atoms with van der Waals surface area (Å²) in [4.78, 5) is 11.5. The molecule has 0 saturated heterocycles. The topological polar surface area (TPSA) is 63.0 Å². The molecule has 1 N–H and O–H groups in total. The number of rotatable bonds is 2. The van der Waals surface area contributed by atoms with Crippen LogP contribution < -0.4 is 5.56 Å². The monoisotopic (exact) mass is 300 g/mol. The Morgan fingerprint density at radius 3 is 2.67 bits per heavy atom. The molecule has 2 rings (SSSR count). The highest BCUT2D eigenvalue weighted by molar-refractivity contribution is 7.71. The quantitative estimate of drug-likeness (QED) is 0.684. The Morgan fingerprint density at radius 1 is 1.39 bits per heavy atom. The van der Waals surface area contributed by atoms with Gasteiger partial charge in [-0.05, 0) is 24.4 Å². The highest BCUT2D eigenvalue weighted by Gasteiger charge is 2.02. The molecule has 18 heavy (non-hydrogen) atoms. The minimum Gasteiger partial charge on any atom is -0.265 e. The molecule has 1 heterocycles. The van der Waals surface area contributed by atoms with E-state index in [0.717, 1.165) is 10.9 Å². The molecule has 0 fully saturated rings. The number of halogens is 2. The lowest BCUT2D eigenvalue weighted by Crippen LogP contribution is -2.18. The standard InChI is InChI=1S/C10H6Cl2N4OS/c11-7-2-1-3-8(12)6(7)4-14-16-9(17)5-13-15-10(16)18/h1-5H,(H,15,18). The van der Waals surface area contributed by atoms with Crippen LogP contribution in [0.5, 0.6) is 0 Å². The molecule has 8 heteroatoms. The summed E-state index contributed by atoms with van der Waals surface area (Å²) in [5.41, 5.74) is 0.0668. The number of H-pyrrole nitrogens is 1. The lowest BCUT2D eigenvalue weighted by Gasteiger charge is -2.00. The van der Waals surface area contributed by atoms with Gasteiger partial charge < -0.3 is 0 Å². The Labute approximate surface area is 117 Å². The van der Waals surface area contributed by atoms with Gasteiger partial charge in [-0.2, -0.15) is 14.9 Å². The first-order chi connectivity index (χ1) is 8.59. The third-order valence-corrected chi connectivity index (χ3v) is 2.96. The van der Waals surface area contributed by atoms with E-state index < -0.39 is 5.56 Å². The van der Waals surface area contributed by atoms with E-state index in [2.05, 4.69) is 15.3 Å². The predicted molar refractivity (Wildman–Crippen MR) is 73.1 cm³/mol. The van der Waals surface area contributed by atoms with Crippen LogP contribution in [0.1, 0.15) is 5.56 Å². The van der Waals surface area contributed by atoms with Crippen molar-refractivity contribution in [3.8, 4) is 0 Å². The fourth-order valence-electron chi connectivity index (χ4n) is 1.20. The minimum absolute atomic E-state index is 0.0851. The van der Waals surface area contributed by atoms with Crippen molar-refractivity contribution in [2.24, 2.45) is 5.10 Å². The van der Waals surface area contributed by atoms with Gasteiger partial charge in [-0.15, -0.1) is 0 Å². The van der Waals surface area contributed by atoms with Crippen LogP contribution in [0.4, 0.5) is 0 Å². The number of nitrogens with zero attached hydrogens (tertiary/aromatic N) is 3. The number of nitrogens with one attached hydrogen (secondary N) is 1. The molecular weight excluding hydrogens is 295 g/mol. The average Bonchev–Trinajstić information content (AvgIpc) is 2.31. The van der Waals surface area contributed by atoms with E-state index in [1.165, 1.54) is 6.21 Å². The number of aromatic amines is 1. The summed E-state index contributed by atoms with van der Waals surface area (Å²) in [6.45, 7) is 0. The molecule has 0 spiro atoms. The Kier molecular flexibility index (Phi) is 3.90. The van der Waals surface area contributed by atoms with Gasteiger partial charge in [-0.1, -0.05) is 29.3 Å². The van der Waals surface area contributed by atoms with Crippen molar-refractivity contribution in [3.63, 3.8) is 0 Å². The second kappa shape index (κ2) is 5.43. The average molecular weight is 301 g/mol. The molecule has 1 aromatic carbocycles. The molecule has 0 aliphatic carbocycles. The third kappa shape index (κ3) is 2.66. The maximum atomic E-state index is 11.5. The molecule has 0 radical (unpaired) electrons. The fraction of sp³-hybridized carbons (Fsp3) is 0. The summed E-state index contributed by atoms with van der Waals surface area (Å²) in [6.07, 6.45) is 2.44. The first kappa shape index (κ1) is 12.9. The highest BCUT2D eigenvalue weighted by atomic mass is 35.5. The Balaban J connectivity index is 2.49. The number of aromatic nitrogens is 3. The van der Waals surface area contributed by atoms with E-state index in [4.69, 9.17) is 35.4 Å². The maximum absolute atomic E-state index is 11.5. The zero-order valence-corrected chi connectivity index (χ0v) is 11.1. The van der Waals surface area contributed by atoms with Gasteiger partial charge in [0, 0.05) is 5.56 Å². The second-order valence-electron chi connectivity index (χ2n) is 3.21. The van der Waals surface area contributed by atoms with Crippen molar-refractivity contribution in [2.45, 2.75) is 0 Å². The van der Waals surface area contributed by atoms with Gasteiger partial charge in [0.1, 0.15) is 6.20 Å². The van der Waals surface area contributed by atoms with Gasteiger partial charge in [-0.25, -0.2) is 0 Å². The SMILES string of the molecule is O=c1cn[nH]c(=S)n1N=Cc1c(Cl)cccc1Cl. The maximum Gasteiger partial charge on any atom is 0.293 e. The molecule has 0 amide bonds. The van der Waals surface area contributed by atoms with E-state index in [-0.39, 0.29) is 4.77 Å². The van der Waals surface area contributed by atoms with E-state index in [0.29, 0.717) is 15.6 Å². The fourth-order valence-corrected chi connectivity index (χ4v) is 1.89. The number of hydrogen-bond donors (Lipinski definition) is 1. The lowest BCUT2D eigenvalue weighted by molar-refractivity contribution is 0.738. The molecule has 1 aromatic heterocycles. The zero-order chi connectivity index (χ0) is 13.1. The van der Waals surface area contributed by atoms with Crippen molar-refractivity contribution < 1.29 is 0 Å². The normalized spacial score (nSPS) is 11.0.